The molecular formula is C20H21N3O6. The summed E-state index contributed by atoms with van der Waals surface area (Å²) in [5, 5.41) is 13.3. The van der Waals surface area contributed by atoms with Crippen LogP contribution < -0.4 is 5.32 Å². The maximum absolute atomic E-state index is 12.4. The van der Waals surface area contributed by atoms with E-state index in [1.165, 1.54) is 38.2 Å². The van der Waals surface area contributed by atoms with Gasteiger partial charge in [-0.3, -0.25) is 19.7 Å². The number of likely N-dealkylation sites (N-methyl/N-ethyl adjacent to an activating group) is 1. The summed E-state index contributed by atoms with van der Waals surface area (Å²) in [5.41, 5.74) is 1.58. The van der Waals surface area contributed by atoms with Crippen molar-refractivity contribution in [2.45, 2.75) is 20.0 Å². The van der Waals surface area contributed by atoms with Crippen molar-refractivity contribution in [3.63, 3.8) is 0 Å². The van der Waals surface area contributed by atoms with Gasteiger partial charge in [-0.2, -0.15) is 0 Å². The van der Waals surface area contributed by atoms with Gasteiger partial charge in [0.15, 0.2) is 6.10 Å². The number of non-ortho nitro benzene ring substituents is 1. The third-order valence-corrected chi connectivity index (χ3v) is 4.04. The number of aryl methyl sites for hydroxylation is 1. The van der Waals surface area contributed by atoms with E-state index in [4.69, 9.17) is 4.74 Å². The molecule has 1 atom stereocenters. The second kappa shape index (κ2) is 9.45. The minimum atomic E-state index is -1.13. The largest absolute Gasteiger partial charge is 0.449 e. The number of anilines is 1. The predicted octanol–water partition coefficient (Wildman–Crippen LogP) is 2.55. The first-order chi connectivity index (χ1) is 13.7. The molecule has 9 heteroatoms. The highest BCUT2D eigenvalue weighted by Gasteiger charge is 2.24. The van der Waals surface area contributed by atoms with Crippen molar-refractivity contribution in [1.29, 1.82) is 0 Å². The molecule has 2 amide bonds. The van der Waals surface area contributed by atoms with Crippen LogP contribution in [-0.2, 0) is 14.3 Å². The van der Waals surface area contributed by atoms with Gasteiger partial charge in [0.2, 0.25) is 5.91 Å². The first kappa shape index (κ1) is 21.5. The zero-order valence-corrected chi connectivity index (χ0v) is 16.2. The molecule has 0 saturated heterocycles. The monoisotopic (exact) mass is 399 g/mol. The van der Waals surface area contributed by atoms with Gasteiger partial charge in [0, 0.05) is 24.9 Å². The summed E-state index contributed by atoms with van der Waals surface area (Å²) >= 11 is 0. The topological polar surface area (TPSA) is 119 Å². The van der Waals surface area contributed by atoms with Crippen molar-refractivity contribution in [1.82, 2.24) is 4.90 Å². The van der Waals surface area contributed by atoms with Gasteiger partial charge in [0.1, 0.15) is 0 Å². The lowest BCUT2D eigenvalue weighted by molar-refractivity contribution is -0.384. The fourth-order valence-corrected chi connectivity index (χ4v) is 2.44. The van der Waals surface area contributed by atoms with E-state index in [-0.39, 0.29) is 17.8 Å². The Labute approximate surface area is 167 Å². The molecule has 0 bridgehead atoms. The summed E-state index contributed by atoms with van der Waals surface area (Å²) in [4.78, 5) is 47.8. The highest BCUT2D eigenvalue weighted by Crippen LogP contribution is 2.14. The molecule has 2 rings (SSSR count). The number of carbonyl (C=O) groups is 3. The molecule has 9 nitrogen and oxygen atoms in total. The van der Waals surface area contributed by atoms with Crippen LogP contribution in [0.25, 0.3) is 0 Å². The lowest BCUT2D eigenvalue weighted by Gasteiger charge is -2.21. The summed E-state index contributed by atoms with van der Waals surface area (Å²) in [7, 11) is 1.42. The lowest BCUT2D eigenvalue weighted by atomic mass is 10.2. The lowest BCUT2D eigenvalue weighted by Crippen LogP contribution is -2.41. The number of benzene rings is 2. The SMILES string of the molecule is Cc1ccc(NC(=O)CN(C)C(=O)[C@H](C)OC(=O)c2ccc([N+](=O)[O-])cc2)cc1. The molecule has 0 fully saturated rings. The zero-order valence-electron chi connectivity index (χ0n) is 16.2. The molecule has 1 N–H and O–H groups in total. The van der Waals surface area contributed by atoms with Gasteiger partial charge in [-0.1, -0.05) is 17.7 Å². The minimum Gasteiger partial charge on any atom is -0.449 e. The van der Waals surface area contributed by atoms with E-state index in [0.29, 0.717) is 5.69 Å². The molecular weight excluding hydrogens is 378 g/mol. The number of nitro benzene ring substituents is 1. The van der Waals surface area contributed by atoms with Crippen molar-refractivity contribution < 1.29 is 24.0 Å². The minimum absolute atomic E-state index is 0.0787. The van der Waals surface area contributed by atoms with E-state index in [0.717, 1.165) is 10.5 Å². The number of esters is 1. The van der Waals surface area contributed by atoms with E-state index in [1.54, 1.807) is 12.1 Å². The fourth-order valence-electron chi connectivity index (χ4n) is 2.44. The molecule has 0 heterocycles. The van der Waals surface area contributed by atoms with Crippen molar-refractivity contribution in [3.8, 4) is 0 Å². The average Bonchev–Trinajstić information content (AvgIpc) is 2.68. The molecule has 0 aromatic heterocycles. The van der Waals surface area contributed by atoms with Crippen molar-refractivity contribution in [2.24, 2.45) is 0 Å². The molecule has 2 aromatic rings. The van der Waals surface area contributed by atoms with Gasteiger partial charge in [-0.25, -0.2) is 4.79 Å². The third-order valence-electron chi connectivity index (χ3n) is 4.04. The second-order valence-electron chi connectivity index (χ2n) is 6.46. The van der Waals surface area contributed by atoms with E-state index >= 15 is 0 Å². The maximum atomic E-state index is 12.4. The number of hydrogen-bond acceptors (Lipinski definition) is 6. The number of nitrogens with zero attached hydrogens (tertiary/aromatic N) is 2. The van der Waals surface area contributed by atoms with E-state index in [2.05, 4.69) is 5.32 Å². The molecule has 0 aliphatic carbocycles. The van der Waals surface area contributed by atoms with Gasteiger partial charge in [0.25, 0.3) is 11.6 Å². The Morgan fingerprint density at radius 3 is 2.24 bits per heavy atom. The van der Waals surface area contributed by atoms with Gasteiger partial charge >= 0.3 is 5.97 Å². The summed E-state index contributed by atoms with van der Waals surface area (Å²) in [5.74, 6) is -1.74. The number of amides is 2. The van der Waals surface area contributed by atoms with Crippen LogP contribution in [0.2, 0.25) is 0 Å². The number of hydrogen-bond donors (Lipinski definition) is 1. The van der Waals surface area contributed by atoms with Crippen LogP contribution in [0.15, 0.2) is 48.5 Å². The van der Waals surface area contributed by atoms with Crippen LogP contribution >= 0.6 is 0 Å². The van der Waals surface area contributed by atoms with E-state index < -0.39 is 28.8 Å². The quantitative estimate of drug-likeness (QED) is 0.434. The molecule has 0 spiro atoms. The number of nitro groups is 1. The molecule has 29 heavy (non-hydrogen) atoms. The summed E-state index contributed by atoms with van der Waals surface area (Å²) in [6, 6.07) is 12.0. The summed E-state index contributed by atoms with van der Waals surface area (Å²) in [6.45, 7) is 3.10. The number of ether oxygens (including phenoxy) is 1. The Bertz CT molecular complexity index is 909. The Balaban J connectivity index is 1.89. The Kier molecular flexibility index (Phi) is 7.02. The van der Waals surface area contributed by atoms with Crippen molar-refractivity contribution in [2.75, 3.05) is 18.9 Å². The summed E-state index contributed by atoms with van der Waals surface area (Å²) in [6.07, 6.45) is -1.13. The summed E-state index contributed by atoms with van der Waals surface area (Å²) < 4.78 is 5.10. The molecule has 0 radical (unpaired) electrons. The molecule has 2 aromatic carbocycles. The predicted molar refractivity (Wildman–Crippen MR) is 105 cm³/mol. The molecule has 0 unspecified atom stereocenters. The second-order valence-corrected chi connectivity index (χ2v) is 6.46. The van der Waals surface area contributed by atoms with Crippen LogP contribution in [0.5, 0.6) is 0 Å². The normalized spacial score (nSPS) is 11.3. The number of carbonyl (C=O) groups excluding carboxylic acids is 3. The van der Waals surface area contributed by atoms with Crippen LogP contribution in [0, 0.1) is 17.0 Å². The maximum Gasteiger partial charge on any atom is 0.338 e. The first-order valence-electron chi connectivity index (χ1n) is 8.74. The van der Waals surface area contributed by atoms with Crippen LogP contribution in [0.4, 0.5) is 11.4 Å². The van der Waals surface area contributed by atoms with Crippen LogP contribution in [-0.4, -0.2) is 47.3 Å². The van der Waals surface area contributed by atoms with E-state index in [1.807, 2.05) is 19.1 Å². The third kappa shape index (κ3) is 6.13. The van der Waals surface area contributed by atoms with Crippen molar-refractivity contribution in [3.05, 3.63) is 69.8 Å². The van der Waals surface area contributed by atoms with Gasteiger partial charge in [-0.15, -0.1) is 0 Å². The van der Waals surface area contributed by atoms with Crippen molar-refractivity contribution >= 4 is 29.2 Å². The van der Waals surface area contributed by atoms with Crippen LogP contribution in [0.3, 0.4) is 0 Å². The first-order valence-corrected chi connectivity index (χ1v) is 8.74. The standard InChI is InChI=1S/C20H21N3O6/c1-13-4-8-16(9-5-13)21-18(24)12-22(3)19(25)14(2)29-20(26)15-6-10-17(11-7-15)23(27)28/h4-11,14H,12H2,1-3H3,(H,21,24)/t14-/m0/s1. The smallest absolute Gasteiger partial charge is 0.338 e. The molecule has 0 saturated carbocycles. The Morgan fingerprint density at radius 2 is 1.69 bits per heavy atom. The van der Waals surface area contributed by atoms with Gasteiger partial charge in [0.05, 0.1) is 17.0 Å². The highest BCUT2D eigenvalue weighted by molar-refractivity contribution is 5.96. The Hall–Kier alpha value is -3.75. The molecule has 0 aliphatic rings. The number of rotatable bonds is 7. The average molecular weight is 399 g/mol. The molecule has 0 aliphatic heterocycles. The van der Waals surface area contributed by atoms with Gasteiger partial charge < -0.3 is 15.0 Å². The Morgan fingerprint density at radius 1 is 1.10 bits per heavy atom. The zero-order chi connectivity index (χ0) is 21.6. The fraction of sp³-hybridized carbons (Fsp3) is 0.250. The van der Waals surface area contributed by atoms with E-state index in [9.17, 15) is 24.5 Å². The molecule has 152 valence electrons. The van der Waals surface area contributed by atoms with Crippen LogP contribution in [0.1, 0.15) is 22.8 Å². The highest BCUT2D eigenvalue weighted by atomic mass is 16.6. The van der Waals surface area contributed by atoms with Gasteiger partial charge in [-0.05, 0) is 38.1 Å². The number of nitrogens with one attached hydrogen (secondary N) is 1.